The molecule has 1 aliphatic heterocycles. The Balaban J connectivity index is 1.55. The lowest BCUT2D eigenvalue weighted by Crippen LogP contribution is -2.43. The van der Waals surface area contributed by atoms with Crippen molar-refractivity contribution >= 4 is 11.8 Å². The van der Waals surface area contributed by atoms with Crippen molar-refractivity contribution in [2.24, 2.45) is 5.92 Å². The van der Waals surface area contributed by atoms with E-state index in [4.69, 9.17) is 0 Å². The first-order chi connectivity index (χ1) is 14.6. The molecule has 0 saturated carbocycles. The maximum Gasteiger partial charge on any atom is 0.416 e. The smallest absolute Gasteiger partial charge is 0.341 e. The van der Waals surface area contributed by atoms with Gasteiger partial charge in [0.1, 0.15) is 11.6 Å². The van der Waals surface area contributed by atoms with Gasteiger partial charge in [-0.25, -0.2) is 8.78 Å². The number of carbonyl (C=O) groups is 2. The summed E-state index contributed by atoms with van der Waals surface area (Å²) in [6.07, 6.45) is -3.69. The van der Waals surface area contributed by atoms with E-state index in [9.17, 15) is 31.5 Å². The molecule has 2 amide bonds. The van der Waals surface area contributed by atoms with Gasteiger partial charge in [-0.1, -0.05) is 6.07 Å². The van der Waals surface area contributed by atoms with Crippen molar-refractivity contribution in [1.29, 1.82) is 0 Å². The lowest BCUT2D eigenvalue weighted by Gasteiger charge is -2.33. The molecule has 1 saturated heterocycles. The predicted octanol–water partition coefficient (Wildman–Crippen LogP) is 4.49. The van der Waals surface area contributed by atoms with Crippen LogP contribution in [-0.4, -0.2) is 41.8 Å². The van der Waals surface area contributed by atoms with Crippen LogP contribution in [0.4, 0.5) is 22.0 Å². The second-order valence-electron chi connectivity index (χ2n) is 7.57. The van der Waals surface area contributed by atoms with E-state index in [1.807, 2.05) is 0 Å². The molecule has 2 aromatic carbocycles. The van der Waals surface area contributed by atoms with Gasteiger partial charge in [-0.3, -0.25) is 9.59 Å². The molecular weight excluding hydrogens is 419 g/mol. The summed E-state index contributed by atoms with van der Waals surface area (Å²) in [6.45, 7) is 0.569. The van der Waals surface area contributed by atoms with Gasteiger partial charge in [0.15, 0.2) is 0 Å². The highest BCUT2D eigenvalue weighted by molar-refractivity contribution is 5.94. The topological polar surface area (TPSA) is 40.6 Å². The number of amides is 2. The van der Waals surface area contributed by atoms with E-state index >= 15 is 0 Å². The van der Waals surface area contributed by atoms with Crippen LogP contribution >= 0.6 is 0 Å². The van der Waals surface area contributed by atoms with E-state index < -0.39 is 23.4 Å². The normalized spacial score (nSPS) is 15.1. The zero-order chi connectivity index (χ0) is 22.8. The molecule has 2 aromatic rings. The quantitative estimate of drug-likeness (QED) is 0.658. The largest absolute Gasteiger partial charge is 0.416 e. The van der Waals surface area contributed by atoms with E-state index in [0.717, 1.165) is 36.4 Å². The number of piperidine rings is 1. The Labute approximate surface area is 176 Å². The number of hydrogen-bond donors (Lipinski definition) is 0. The van der Waals surface area contributed by atoms with E-state index in [1.54, 1.807) is 0 Å². The van der Waals surface area contributed by atoms with E-state index in [-0.39, 0.29) is 48.5 Å². The molecule has 1 fully saturated rings. The minimum Gasteiger partial charge on any atom is -0.341 e. The summed E-state index contributed by atoms with van der Waals surface area (Å²) in [6, 6.07) is 7.21. The van der Waals surface area contributed by atoms with Crippen molar-refractivity contribution in [3.63, 3.8) is 0 Å². The Hall–Kier alpha value is -2.97. The molecule has 31 heavy (non-hydrogen) atoms. The Kier molecular flexibility index (Phi) is 6.62. The second kappa shape index (κ2) is 9.03. The third-order valence-corrected chi connectivity index (χ3v) is 5.39. The van der Waals surface area contributed by atoms with Crippen molar-refractivity contribution in [3.05, 3.63) is 70.8 Å². The number of hydrogen-bond acceptors (Lipinski definition) is 2. The van der Waals surface area contributed by atoms with Crippen LogP contribution in [0, 0.1) is 17.6 Å². The first-order valence-electron chi connectivity index (χ1n) is 9.71. The molecule has 9 heteroatoms. The molecule has 0 aliphatic carbocycles. The number of nitrogens with zero attached hydrogens (tertiary/aromatic N) is 2. The third kappa shape index (κ3) is 5.39. The van der Waals surface area contributed by atoms with E-state index in [1.165, 1.54) is 22.9 Å². The van der Waals surface area contributed by atoms with E-state index in [0.29, 0.717) is 12.8 Å². The molecule has 0 aromatic heterocycles. The first kappa shape index (κ1) is 22.7. The zero-order valence-corrected chi connectivity index (χ0v) is 16.8. The van der Waals surface area contributed by atoms with Gasteiger partial charge in [-0.05, 0) is 43.2 Å². The number of rotatable bonds is 4. The van der Waals surface area contributed by atoms with Crippen LogP contribution in [0.3, 0.4) is 0 Å². The highest BCUT2D eigenvalue weighted by atomic mass is 19.4. The van der Waals surface area contributed by atoms with Gasteiger partial charge in [0.25, 0.3) is 5.91 Å². The average Bonchev–Trinajstić information content (AvgIpc) is 2.74. The van der Waals surface area contributed by atoms with Crippen LogP contribution < -0.4 is 0 Å². The van der Waals surface area contributed by atoms with Gasteiger partial charge < -0.3 is 9.80 Å². The Morgan fingerprint density at radius 2 is 1.65 bits per heavy atom. The zero-order valence-electron chi connectivity index (χ0n) is 16.8. The summed E-state index contributed by atoms with van der Waals surface area (Å²) in [4.78, 5) is 28.1. The molecule has 0 spiro atoms. The number of benzene rings is 2. The molecule has 0 radical (unpaired) electrons. The van der Waals surface area contributed by atoms with Crippen molar-refractivity contribution in [3.8, 4) is 0 Å². The van der Waals surface area contributed by atoms with Crippen LogP contribution in [0.25, 0.3) is 0 Å². The summed E-state index contributed by atoms with van der Waals surface area (Å²) in [7, 11) is 1.53. The fourth-order valence-electron chi connectivity index (χ4n) is 3.61. The Bertz CT molecular complexity index is 951. The summed E-state index contributed by atoms with van der Waals surface area (Å²) in [5, 5.41) is 0. The van der Waals surface area contributed by atoms with Gasteiger partial charge in [0, 0.05) is 49.8 Å². The van der Waals surface area contributed by atoms with Gasteiger partial charge in [0.2, 0.25) is 5.91 Å². The minimum absolute atomic E-state index is 0.00432. The molecule has 166 valence electrons. The van der Waals surface area contributed by atoms with Crippen molar-refractivity contribution in [1.82, 2.24) is 9.80 Å². The molecule has 0 bridgehead atoms. The molecular formula is C22H21F5N2O2. The molecule has 0 N–H and O–H groups in total. The lowest BCUT2D eigenvalue weighted by atomic mass is 9.94. The second-order valence-corrected chi connectivity index (χ2v) is 7.57. The van der Waals surface area contributed by atoms with Crippen molar-refractivity contribution < 1.29 is 31.5 Å². The van der Waals surface area contributed by atoms with Crippen molar-refractivity contribution in [2.45, 2.75) is 25.6 Å². The summed E-state index contributed by atoms with van der Waals surface area (Å²) in [5.74, 6) is -2.37. The van der Waals surface area contributed by atoms with Gasteiger partial charge >= 0.3 is 6.18 Å². The van der Waals surface area contributed by atoms with Crippen LogP contribution in [0.5, 0.6) is 0 Å². The summed E-state index contributed by atoms with van der Waals surface area (Å²) >= 11 is 0. The average molecular weight is 440 g/mol. The van der Waals surface area contributed by atoms with Crippen LogP contribution in [-0.2, 0) is 17.5 Å². The SMILES string of the molecule is CN(Cc1ccc(F)cc1F)C(=O)C1CCN(C(=O)c2ccc(C(F)(F)F)cc2)CC1. The third-order valence-electron chi connectivity index (χ3n) is 5.39. The van der Waals surface area contributed by atoms with Gasteiger partial charge in [0.05, 0.1) is 5.56 Å². The lowest BCUT2D eigenvalue weighted by molar-refractivity contribution is -0.137. The molecule has 1 aliphatic rings. The first-order valence-corrected chi connectivity index (χ1v) is 9.71. The van der Waals surface area contributed by atoms with Crippen LogP contribution in [0.15, 0.2) is 42.5 Å². The standard InChI is InChI=1S/C22H21F5N2O2/c1-28(13-16-4-7-18(23)12-19(16)24)20(30)15-8-10-29(11-9-15)21(31)14-2-5-17(6-3-14)22(25,26)27/h2-7,12,15H,8-11,13H2,1H3. The highest BCUT2D eigenvalue weighted by Gasteiger charge is 2.32. The number of halogens is 5. The number of likely N-dealkylation sites (tertiary alicyclic amines) is 1. The summed E-state index contributed by atoms with van der Waals surface area (Å²) < 4.78 is 64.9. The van der Waals surface area contributed by atoms with Crippen LogP contribution in [0.1, 0.15) is 34.3 Å². The minimum atomic E-state index is -4.47. The number of alkyl halides is 3. The monoisotopic (exact) mass is 440 g/mol. The van der Waals surface area contributed by atoms with Gasteiger partial charge in [-0.15, -0.1) is 0 Å². The molecule has 0 atom stereocenters. The van der Waals surface area contributed by atoms with E-state index in [2.05, 4.69) is 0 Å². The highest BCUT2D eigenvalue weighted by Crippen LogP contribution is 2.29. The van der Waals surface area contributed by atoms with Crippen LogP contribution in [0.2, 0.25) is 0 Å². The Morgan fingerprint density at radius 3 is 2.19 bits per heavy atom. The molecule has 4 nitrogen and oxygen atoms in total. The molecule has 0 unspecified atom stereocenters. The Morgan fingerprint density at radius 1 is 1.03 bits per heavy atom. The van der Waals surface area contributed by atoms with Gasteiger partial charge in [-0.2, -0.15) is 13.2 Å². The fourth-order valence-corrected chi connectivity index (χ4v) is 3.61. The fraction of sp³-hybridized carbons (Fsp3) is 0.364. The summed E-state index contributed by atoms with van der Waals surface area (Å²) in [5.41, 5.74) is -0.470. The van der Waals surface area contributed by atoms with Crippen molar-refractivity contribution in [2.75, 3.05) is 20.1 Å². The molecule has 3 rings (SSSR count). The maximum absolute atomic E-state index is 13.8. The number of carbonyl (C=O) groups excluding carboxylic acids is 2. The maximum atomic E-state index is 13.8. The predicted molar refractivity (Wildman–Crippen MR) is 103 cm³/mol. The molecule has 1 heterocycles.